The summed E-state index contributed by atoms with van der Waals surface area (Å²) in [6.07, 6.45) is 3.18. The number of anilines is 2. The van der Waals surface area contributed by atoms with Gasteiger partial charge in [0.2, 0.25) is 5.91 Å². The van der Waals surface area contributed by atoms with E-state index in [0.29, 0.717) is 11.4 Å². The predicted molar refractivity (Wildman–Crippen MR) is 73.9 cm³/mol. The van der Waals surface area contributed by atoms with Crippen LogP contribution >= 0.6 is 0 Å². The molecule has 2 rings (SSSR count). The van der Waals surface area contributed by atoms with E-state index in [1.54, 1.807) is 25.5 Å². The molecule has 0 radical (unpaired) electrons. The minimum atomic E-state index is -0.283. The number of aryl methyl sites for hydroxylation is 2. The number of amides is 1. The Bertz CT molecular complexity index is 649. The molecule has 1 heterocycles. The van der Waals surface area contributed by atoms with Crippen LogP contribution in [0, 0.1) is 6.92 Å². The lowest BCUT2D eigenvalue weighted by molar-refractivity contribution is -0.116. The smallest absolute Gasteiger partial charge is 0.328 e. The van der Waals surface area contributed by atoms with Crippen LogP contribution in [0.4, 0.5) is 11.4 Å². The highest BCUT2D eigenvalue weighted by atomic mass is 16.2. The molecule has 0 unspecified atom stereocenters. The number of nitrogens with two attached hydrogens (primary N) is 1. The molecule has 0 saturated carbocycles. The number of hydrogen-bond donors (Lipinski definition) is 2. The van der Waals surface area contributed by atoms with Crippen molar-refractivity contribution in [3.05, 3.63) is 46.6 Å². The Morgan fingerprint density at radius 3 is 2.68 bits per heavy atom. The molecule has 3 N–H and O–H groups in total. The minimum Gasteiger partial charge on any atom is -0.397 e. The van der Waals surface area contributed by atoms with Crippen LogP contribution in [-0.2, 0) is 18.4 Å². The SMILES string of the molecule is Cc1cccc(N)c1NC(=O)Cn1ccn(C)c1=O. The van der Waals surface area contributed by atoms with E-state index in [9.17, 15) is 9.59 Å². The zero-order chi connectivity index (χ0) is 14.0. The van der Waals surface area contributed by atoms with Crippen LogP contribution in [0.25, 0.3) is 0 Å². The lowest BCUT2D eigenvalue weighted by atomic mass is 10.1. The summed E-state index contributed by atoms with van der Waals surface area (Å²) in [7, 11) is 1.63. The first-order chi connectivity index (χ1) is 8.99. The van der Waals surface area contributed by atoms with Crippen LogP contribution in [0.2, 0.25) is 0 Å². The number of benzene rings is 1. The van der Waals surface area contributed by atoms with Crippen molar-refractivity contribution in [1.29, 1.82) is 0 Å². The minimum absolute atomic E-state index is 0.0343. The molecule has 1 aromatic carbocycles. The van der Waals surface area contributed by atoms with E-state index in [1.165, 1.54) is 9.13 Å². The molecule has 0 bridgehead atoms. The first-order valence-corrected chi connectivity index (χ1v) is 5.85. The Balaban J connectivity index is 2.14. The van der Waals surface area contributed by atoms with Crippen molar-refractivity contribution in [3.8, 4) is 0 Å². The maximum Gasteiger partial charge on any atom is 0.328 e. The molecule has 0 aliphatic carbocycles. The van der Waals surface area contributed by atoms with Gasteiger partial charge in [-0.25, -0.2) is 4.79 Å². The van der Waals surface area contributed by atoms with Crippen LogP contribution in [0.1, 0.15) is 5.56 Å². The molecule has 0 spiro atoms. The first-order valence-electron chi connectivity index (χ1n) is 5.85. The van der Waals surface area contributed by atoms with Crippen LogP contribution in [-0.4, -0.2) is 15.0 Å². The number of imidazole rings is 1. The van der Waals surface area contributed by atoms with Crippen LogP contribution in [0.15, 0.2) is 35.4 Å². The highest BCUT2D eigenvalue weighted by Gasteiger charge is 2.10. The topological polar surface area (TPSA) is 82.0 Å². The second kappa shape index (κ2) is 5.01. The average Bonchev–Trinajstić information content (AvgIpc) is 2.66. The number of carbonyl (C=O) groups excluding carboxylic acids is 1. The molecule has 1 amide bonds. The van der Waals surface area contributed by atoms with Crippen molar-refractivity contribution >= 4 is 17.3 Å². The Labute approximate surface area is 110 Å². The van der Waals surface area contributed by atoms with Crippen molar-refractivity contribution in [2.24, 2.45) is 7.05 Å². The van der Waals surface area contributed by atoms with Crippen molar-refractivity contribution in [2.45, 2.75) is 13.5 Å². The van der Waals surface area contributed by atoms with E-state index in [4.69, 9.17) is 5.73 Å². The van der Waals surface area contributed by atoms with E-state index >= 15 is 0 Å². The average molecular weight is 260 g/mol. The van der Waals surface area contributed by atoms with Gasteiger partial charge in [0, 0.05) is 19.4 Å². The lowest BCUT2D eigenvalue weighted by Gasteiger charge is -2.11. The summed E-state index contributed by atoms with van der Waals surface area (Å²) in [4.78, 5) is 23.5. The van der Waals surface area contributed by atoms with Crippen LogP contribution in [0.5, 0.6) is 0 Å². The van der Waals surface area contributed by atoms with E-state index in [-0.39, 0.29) is 18.1 Å². The second-order valence-corrected chi connectivity index (χ2v) is 4.41. The highest BCUT2D eigenvalue weighted by Crippen LogP contribution is 2.22. The third-order valence-corrected chi connectivity index (χ3v) is 2.90. The maximum absolute atomic E-state index is 11.9. The summed E-state index contributed by atoms with van der Waals surface area (Å²) in [6, 6.07) is 5.40. The number of nitrogens with zero attached hydrogens (tertiary/aromatic N) is 2. The lowest BCUT2D eigenvalue weighted by Crippen LogP contribution is -2.28. The van der Waals surface area contributed by atoms with E-state index in [0.717, 1.165) is 5.56 Å². The standard InChI is InChI=1S/C13H16N4O2/c1-9-4-3-5-10(14)12(9)15-11(18)8-17-7-6-16(2)13(17)19/h3-7H,8,14H2,1-2H3,(H,15,18). The normalized spacial score (nSPS) is 10.4. The number of carbonyl (C=O) groups is 1. The third-order valence-electron chi connectivity index (χ3n) is 2.90. The fourth-order valence-electron chi connectivity index (χ4n) is 1.83. The number of nitrogen functional groups attached to an aromatic ring is 1. The fraction of sp³-hybridized carbons (Fsp3) is 0.231. The molecule has 1 aromatic heterocycles. The number of nitrogens with one attached hydrogen (secondary N) is 1. The zero-order valence-corrected chi connectivity index (χ0v) is 10.9. The monoisotopic (exact) mass is 260 g/mol. The van der Waals surface area contributed by atoms with Gasteiger partial charge >= 0.3 is 5.69 Å². The summed E-state index contributed by atoms with van der Waals surface area (Å²) in [5.41, 5.74) is 7.57. The quantitative estimate of drug-likeness (QED) is 0.798. The Kier molecular flexibility index (Phi) is 3.41. The first kappa shape index (κ1) is 12.9. The van der Waals surface area contributed by atoms with Crippen molar-refractivity contribution in [2.75, 3.05) is 11.1 Å². The van der Waals surface area contributed by atoms with Crippen molar-refractivity contribution < 1.29 is 4.79 Å². The van der Waals surface area contributed by atoms with Crippen LogP contribution < -0.4 is 16.7 Å². The second-order valence-electron chi connectivity index (χ2n) is 4.41. The van der Waals surface area contributed by atoms with Gasteiger partial charge in [-0.05, 0) is 18.6 Å². The van der Waals surface area contributed by atoms with Gasteiger partial charge in [-0.15, -0.1) is 0 Å². The third kappa shape index (κ3) is 2.67. The summed E-state index contributed by atoms with van der Waals surface area (Å²) in [5, 5.41) is 2.73. The van der Waals surface area contributed by atoms with Gasteiger partial charge in [0.15, 0.2) is 0 Å². The van der Waals surface area contributed by atoms with Gasteiger partial charge in [-0.2, -0.15) is 0 Å². The summed E-state index contributed by atoms with van der Waals surface area (Å²) >= 11 is 0. The number of rotatable bonds is 3. The molecule has 0 saturated heterocycles. The summed E-state index contributed by atoms with van der Waals surface area (Å²) < 4.78 is 2.75. The molecule has 0 aliphatic rings. The van der Waals surface area contributed by atoms with Gasteiger partial charge in [-0.3, -0.25) is 9.36 Å². The molecule has 100 valence electrons. The Morgan fingerprint density at radius 1 is 1.37 bits per heavy atom. The maximum atomic E-state index is 11.9. The highest BCUT2D eigenvalue weighted by molar-refractivity contribution is 5.94. The molecule has 2 aromatic rings. The molecule has 0 fully saturated rings. The van der Waals surface area contributed by atoms with Crippen molar-refractivity contribution in [3.63, 3.8) is 0 Å². The molecule has 0 aliphatic heterocycles. The largest absolute Gasteiger partial charge is 0.397 e. The van der Waals surface area contributed by atoms with Crippen LogP contribution in [0.3, 0.4) is 0 Å². The molecular formula is C13H16N4O2. The summed E-state index contributed by atoms with van der Waals surface area (Å²) in [5.74, 6) is -0.283. The molecular weight excluding hydrogens is 244 g/mol. The number of hydrogen-bond acceptors (Lipinski definition) is 3. The van der Waals surface area contributed by atoms with Gasteiger partial charge in [0.25, 0.3) is 0 Å². The Morgan fingerprint density at radius 2 is 2.11 bits per heavy atom. The molecule has 6 heteroatoms. The number of aromatic nitrogens is 2. The predicted octanol–water partition coefficient (Wildman–Crippen LogP) is 0.716. The van der Waals surface area contributed by atoms with E-state index < -0.39 is 0 Å². The Hall–Kier alpha value is -2.50. The number of para-hydroxylation sites is 1. The van der Waals surface area contributed by atoms with Crippen molar-refractivity contribution in [1.82, 2.24) is 9.13 Å². The molecule has 0 atom stereocenters. The zero-order valence-electron chi connectivity index (χ0n) is 10.9. The molecule has 19 heavy (non-hydrogen) atoms. The van der Waals surface area contributed by atoms with Gasteiger partial charge in [0.05, 0.1) is 11.4 Å². The van der Waals surface area contributed by atoms with Gasteiger partial charge in [0.1, 0.15) is 6.54 Å². The van der Waals surface area contributed by atoms with Gasteiger partial charge in [-0.1, -0.05) is 12.1 Å². The summed E-state index contributed by atoms with van der Waals surface area (Å²) in [6.45, 7) is 1.83. The van der Waals surface area contributed by atoms with E-state index in [2.05, 4.69) is 5.32 Å². The molecule has 6 nitrogen and oxygen atoms in total. The van der Waals surface area contributed by atoms with Gasteiger partial charge < -0.3 is 15.6 Å². The fourth-order valence-corrected chi connectivity index (χ4v) is 1.83. The van der Waals surface area contributed by atoms with E-state index in [1.807, 2.05) is 19.1 Å².